The number of allylic oxidation sites excluding steroid dienone is 2. The van der Waals surface area contributed by atoms with Crippen molar-refractivity contribution in [3.63, 3.8) is 0 Å². The van der Waals surface area contributed by atoms with Gasteiger partial charge in [-0.3, -0.25) is 0 Å². The van der Waals surface area contributed by atoms with Crippen molar-refractivity contribution in [2.24, 2.45) is 0 Å². The van der Waals surface area contributed by atoms with Gasteiger partial charge in [0.1, 0.15) is 0 Å². The molecule has 0 aromatic rings. The summed E-state index contributed by atoms with van der Waals surface area (Å²) >= 11 is 0. The maximum atomic E-state index is 3.92. The molecule has 0 radical (unpaired) electrons. The predicted octanol–water partition coefficient (Wildman–Crippen LogP) is 2.85. The third kappa shape index (κ3) is 7.17. The van der Waals surface area contributed by atoms with Crippen LogP contribution < -0.4 is 5.32 Å². The summed E-state index contributed by atoms with van der Waals surface area (Å²) in [6, 6.07) is 0. The van der Waals surface area contributed by atoms with Gasteiger partial charge in [-0.05, 0) is 33.6 Å². The van der Waals surface area contributed by atoms with Gasteiger partial charge in [0.05, 0.1) is 0 Å². The predicted molar refractivity (Wildman–Crippen MR) is 51.5 cm³/mol. The summed E-state index contributed by atoms with van der Waals surface area (Å²) in [5.41, 5.74) is 1.23. The van der Waals surface area contributed by atoms with E-state index in [-0.39, 0.29) is 5.54 Å². The first-order valence-corrected chi connectivity index (χ1v) is 4.02. The first-order chi connectivity index (χ1) is 4.95. The van der Waals surface area contributed by atoms with E-state index in [4.69, 9.17) is 0 Å². The summed E-state index contributed by atoms with van der Waals surface area (Å²) in [6.45, 7) is 14.0. The van der Waals surface area contributed by atoms with Crippen LogP contribution in [0.2, 0.25) is 0 Å². The molecular formula is C10H19N. The van der Waals surface area contributed by atoms with Crippen LogP contribution in [0.15, 0.2) is 24.9 Å². The van der Waals surface area contributed by atoms with Crippen molar-refractivity contribution in [2.45, 2.75) is 39.2 Å². The van der Waals surface area contributed by atoms with Gasteiger partial charge in [0, 0.05) is 11.2 Å². The average Bonchev–Trinajstić information content (AvgIpc) is 1.79. The topological polar surface area (TPSA) is 12.0 Å². The zero-order chi connectivity index (χ0) is 8.91. The highest BCUT2D eigenvalue weighted by Gasteiger charge is 2.08. The highest BCUT2D eigenvalue weighted by Crippen LogP contribution is 2.06. The van der Waals surface area contributed by atoms with Crippen LogP contribution in [0.4, 0.5) is 0 Å². The maximum Gasteiger partial charge on any atom is 0.0286 e. The minimum absolute atomic E-state index is 0.137. The molecule has 0 bridgehead atoms. The lowest BCUT2D eigenvalue weighted by Gasteiger charge is -2.23. The van der Waals surface area contributed by atoms with Crippen molar-refractivity contribution in [1.82, 2.24) is 5.32 Å². The number of hydrogen-bond acceptors (Lipinski definition) is 1. The molecule has 0 spiro atoms. The van der Waals surface area contributed by atoms with Crippen molar-refractivity contribution in [3.05, 3.63) is 24.9 Å². The Morgan fingerprint density at radius 1 is 1.45 bits per heavy atom. The lowest BCUT2D eigenvalue weighted by Crippen LogP contribution is -2.34. The zero-order valence-electron chi connectivity index (χ0n) is 7.91. The molecule has 0 saturated heterocycles. The van der Waals surface area contributed by atoms with Gasteiger partial charge >= 0.3 is 0 Å². The lowest BCUT2D eigenvalue weighted by atomic mass is 10.1. The maximum absolute atomic E-state index is 3.92. The van der Waals surface area contributed by atoms with Gasteiger partial charge in [-0.2, -0.15) is 0 Å². The Labute approximate surface area is 70.2 Å². The van der Waals surface area contributed by atoms with Crippen molar-refractivity contribution in [3.8, 4) is 0 Å². The molecule has 0 aliphatic heterocycles. The van der Waals surface area contributed by atoms with E-state index in [9.17, 15) is 0 Å². The molecule has 0 aliphatic carbocycles. The second-order valence-electron chi connectivity index (χ2n) is 3.81. The zero-order valence-corrected chi connectivity index (χ0v) is 7.91. The second-order valence-corrected chi connectivity index (χ2v) is 3.81. The number of hydrogen-bond donors (Lipinski definition) is 1. The summed E-state index contributed by atoms with van der Waals surface area (Å²) in [6.07, 6.45) is 3.90. The van der Waals surface area contributed by atoms with Gasteiger partial charge in [0.15, 0.2) is 0 Å². The van der Waals surface area contributed by atoms with Gasteiger partial charge in [-0.15, -0.1) is 6.58 Å². The van der Waals surface area contributed by atoms with Gasteiger partial charge in [-0.25, -0.2) is 0 Å². The average molecular weight is 153 g/mol. The van der Waals surface area contributed by atoms with Crippen molar-refractivity contribution in [1.29, 1.82) is 0 Å². The highest BCUT2D eigenvalue weighted by atomic mass is 15.0. The molecule has 0 rings (SSSR count). The minimum atomic E-state index is 0.137. The smallest absolute Gasteiger partial charge is 0.0286 e. The SMILES string of the molecule is C=CCCC(=C)NC(C)(C)C. The molecule has 0 saturated carbocycles. The van der Waals surface area contributed by atoms with E-state index in [1.54, 1.807) is 0 Å². The number of nitrogens with one attached hydrogen (secondary N) is 1. The standard InChI is InChI=1S/C10H19N/c1-6-7-8-9(2)11-10(3,4)5/h6,11H,1-2,7-8H2,3-5H3. The lowest BCUT2D eigenvalue weighted by molar-refractivity contribution is 0.465. The normalized spacial score (nSPS) is 10.8. The molecule has 0 fully saturated rings. The first kappa shape index (κ1) is 10.3. The van der Waals surface area contributed by atoms with Crippen LogP contribution in [0, 0.1) is 0 Å². The van der Waals surface area contributed by atoms with Gasteiger partial charge in [0.25, 0.3) is 0 Å². The molecule has 11 heavy (non-hydrogen) atoms. The quantitative estimate of drug-likeness (QED) is 0.612. The van der Waals surface area contributed by atoms with E-state index in [0.717, 1.165) is 18.5 Å². The van der Waals surface area contributed by atoms with Gasteiger partial charge in [-0.1, -0.05) is 12.7 Å². The van der Waals surface area contributed by atoms with Crippen LogP contribution in [0.3, 0.4) is 0 Å². The molecule has 0 aromatic carbocycles. The Hall–Kier alpha value is -0.720. The van der Waals surface area contributed by atoms with Crippen molar-refractivity contribution >= 4 is 0 Å². The van der Waals surface area contributed by atoms with E-state index in [1.165, 1.54) is 0 Å². The van der Waals surface area contributed by atoms with Gasteiger partial charge in [0.2, 0.25) is 0 Å². The summed E-state index contributed by atoms with van der Waals surface area (Å²) in [7, 11) is 0. The Balaban J connectivity index is 3.61. The van der Waals surface area contributed by atoms with Crippen LogP contribution in [0.5, 0.6) is 0 Å². The van der Waals surface area contributed by atoms with E-state index in [0.29, 0.717) is 0 Å². The molecule has 1 nitrogen and oxygen atoms in total. The molecule has 1 N–H and O–H groups in total. The van der Waals surface area contributed by atoms with Crippen LogP contribution in [-0.4, -0.2) is 5.54 Å². The van der Waals surface area contributed by atoms with E-state index >= 15 is 0 Å². The molecule has 0 aromatic heterocycles. The molecule has 0 amide bonds. The molecular weight excluding hydrogens is 134 g/mol. The number of rotatable bonds is 4. The van der Waals surface area contributed by atoms with Gasteiger partial charge < -0.3 is 5.32 Å². The summed E-state index contributed by atoms with van der Waals surface area (Å²) < 4.78 is 0. The first-order valence-electron chi connectivity index (χ1n) is 4.02. The molecule has 64 valence electrons. The summed E-state index contributed by atoms with van der Waals surface area (Å²) in [5.74, 6) is 0. The van der Waals surface area contributed by atoms with E-state index < -0.39 is 0 Å². The van der Waals surface area contributed by atoms with Crippen LogP contribution >= 0.6 is 0 Å². The van der Waals surface area contributed by atoms with Crippen molar-refractivity contribution in [2.75, 3.05) is 0 Å². The fraction of sp³-hybridized carbons (Fsp3) is 0.600. The largest absolute Gasteiger partial charge is 0.384 e. The Kier molecular flexibility index (Phi) is 3.94. The third-order valence-electron chi connectivity index (χ3n) is 1.20. The highest BCUT2D eigenvalue weighted by molar-refractivity contribution is 4.97. The fourth-order valence-corrected chi connectivity index (χ4v) is 0.869. The third-order valence-corrected chi connectivity index (χ3v) is 1.20. The monoisotopic (exact) mass is 153 g/mol. The Morgan fingerprint density at radius 3 is 2.36 bits per heavy atom. The summed E-state index contributed by atoms with van der Waals surface area (Å²) in [4.78, 5) is 0. The van der Waals surface area contributed by atoms with E-state index in [1.807, 2.05) is 6.08 Å². The Bertz CT molecular complexity index is 139. The Morgan fingerprint density at radius 2 is 2.00 bits per heavy atom. The molecule has 0 aliphatic rings. The van der Waals surface area contributed by atoms with E-state index in [2.05, 4.69) is 39.2 Å². The fourth-order valence-electron chi connectivity index (χ4n) is 0.869. The van der Waals surface area contributed by atoms with Crippen molar-refractivity contribution < 1.29 is 0 Å². The minimum Gasteiger partial charge on any atom is -0.384 e. The van der Waals surface area contributed by atoms with Crippen LogP contribution in [0.1, 0.15) is 33.6 Å². The molecule has 0 atom stereocenters. The molecule has 1 heteroatoms. The molecule has 0 heterocycles. The molecule has 0 unspecified atom stereocenters. The van der Waals surface area contributed by atoms with Crippen LogP contribution in [-0.2, 0) is 0 Å². The summed E-state index contributed by atoms with van der Waals surface area (Å²) in [5, 5.41) is 3.31. The second kappa shape index (κ2) is 4.22. The van der Waals surface area contributed by atoms with Crippen LogP contribution in [0.25, 0.3) is 0 Å².